The van der Waals surface area contributed by atoms with Gasteiger partial charge in [0.1, 0.15) is 0 Å². The third-order valence-electron chi connectivity index (χ3n) is 4.29. The maximum Gasteiger partial charge on any atom is 0.0417 e. The van der Waals surface area contributed by atoms with Gasteiger partial charge in [0.15, 0.2) is 0 Å². The second-order valence-corrected chi connectivity index (χ2v) is 6.47. The molecule has 3 nitrogen and oxygen atoms in total. The first kappa shape index (κ1) is 15.0. The molecule has 0 radical (unpaired) electrons. The first-order valence-corrected chi connectivity index (χ1v) is 8.22. The predicted molar refractivity (Wildman–Crippen MR) is 93.1 cm³/mol. The number of hydrogen-bond acceptors (Lipinski definition) is 3. The molecule has 0 amide bonds. The van der Waals surface area contributed by atoms with E-state index in [1.54, 1.807) is 0 Å². The molecule has 1 unspecified atom stereocenters. The lowest BCUT2D eigenvalue weighted by Crippen LogP contribution is -2.51. The van der Waals surface area contributed by atoms with Gasteiger partial charge in [-0.3, -0.25) is 4.98 Å². The zero-order valence-electron chi connectivity index (χ0n) is 13.5. The Kier molecular flexibility index (Phi) is 4.74. The molecule has 0 spiro atoms. The van der Waals surface area contributed by atoms with E-state index in [4.69, 9.17) is 0 Å². The highest BCUT2D eigenvalue weighted by molar-refractivity contribution is 5.68. The molecule has 1 N–H and O–H groups in total. The number of pyridine rings is 1. The van der Waals surface area contributed by atoms with E-state index < -0.39 is 0 Å². The molecule has 1 atom stereocenters. The molecule has 2 heterocycles. The maximum atomic E-state index is 4.11. The van der Waals surface area contributed by atoms with E-state index in [1.807, 2.05) is 12.4 Å². The van der Waals surface area contributed by atoms with Crippen molar-refractivity contribution in [3.05, 3.63) is 48.8 Å². The fourth-order valence-corrected chi connectivity index (χ4v) is 3.26. The summed E-state index contributed by atoms with van der Waals surface area (Å²) in [6.45, 7) is 7.84. The van der Waals surface area contributed by atoms with Crippen molar-refractivity contribution in [2.45, 2.75) is 26.3 Å². The quantitative estimate of drug-likeness (QED) is 0.934. The summed E-state index contributed by atoms with van der Waals surface area (Å²) < 4.78 is 0. The summed E-state index contributed by atoms with van der Waals surface area (Å²) in [5, 5.41) is 3.54. The van der Waals surface area contributed by atoms with Gasteiger partial charge in [-0.15, -0.1) is 0 Å². The third kappa shape index (κ3) is 3.47. The van der Waals surface area contributed by atoms with Crippen molar-refractivity contribution < 1.29 is 0 Å². The molecule has 1 saturated heterocycles. The largest absolute Gasteiger partial charge is 0.366 e. The Balaban J connectivity index is 1.87. The molecule has 0 bridgehead atoms. The Labute approximate surface area is 133 Å². The van der Waals surface area contributed by atoms with Crippen molar-refractivity contribution in [1.82, 2.24) is 10.3 Å². The molecule has 1 aromatic carbocycles. The maximum absolute atomic E-state index is 4.11. The summed E-state index contributed by atoms with van der Waals surface area (Å²) in [5.41, 5.74) is 3.83. The van der Waals surface area contributed by atoms with Gasteiger partial charge in [-0.2, -0.15) is 0 Å². The van der Waals surface area contributed by atoms with Crippen LogP contribution in [-0.4, -0.2) is 30.7 Å². The van der Waals surface area contributed by atoms with E-state index in [0.29, 0.717) is 6.04 Å². The highest BCUT2D eigenvalue weighted by atomic mass is 15.2. The summed E-state index contributed by atoms with van der Waals surface area (Å²) >= 11 is 0. The van der Waals surface area contributed by atoms with Crippen LogP contribution in [0.3, 0.4) is 0 Å². The number of nitrogens with one attached hydrogen (secondary N) is 1. The lowest BCUT2D eigenvalue weighted by molar-refractivity contribution is 0.407. The first-order chi connectivity index (χ1) is 10.7. The number of aromatic nitrogens is 1. The molecule has 0 saturated carbocycles. The van der Waals surface area contributed by atoms with Crippen LogP contribution in [-0.2, 0) is 0 Å². The molecule has 22 heavy (non-hydrogen) atoms. The monoisotopic (exact) mass is 295 g/mol. The number of piperazine rings is 1. The zero-order chi connectivity index (χ0) is 15.4. The standard InChI is InChI=1S/C19H25N3/c1-15(2)12-19-14-21-10-11-22(19)18-5-3-4-17(13-18)16-6-8-20-9-7-16/h3-9,13,15,19,21H,10-12,14H2,1-2H3. The number of anilines is 1. The van der Waals surface area contributed by atoms with Gasteiger partial charge in [0, 0.05) is 43.8 Å². The third-order valence-corrected chi connectivity index (χ3v) is 4.29. The van der Waals surface area contributed by atoms with Crippen molar-refractivity contribution in [1.29, 1.82) is 0 Å². The van der Waals surface area contributed by atoms with Crippen molar-refractivity contribution in [3.63, 3.8) is 0 Å². The van der Waals surface area contributed by atoms with Gasteiger partial charge in [-0.1, -0.05) is 26.0 Å². The first-order valence-electron chi connectivity index (χ1n) is 8.22. The van der Waals surface area contributed by atoms with Gasteiger partial charge >= 0.3 is 0 Å². The van der Waals surface area contributed by atoms with E-state index in [1.165, 1.54) is 23.2 Å². The Hall–Kier alpha value is -1.87. The molecule has 1 aliphatic rings. The van der Waals surface area contributed by atoms with Crippen LogP contribution in [0.15, 0.2) is 48.8 Å². The average molecular weight is 295 g/mol. The van der Waals surface area contributed by atoms with Gasteiger partial charge in [0.25, 0.3) is 0 Å². The second kappa shape index (κ2) is 6.93. The molecule has 1 aromatic heterocycles. The SMILES string of the molecule is CC(C)CC1CNCCN1c1cccc(-c2ccncc2)c1. The number of benzene rings is 1. The zero-order valence-corrected chi connectivity index (χ0v) is 13.5. The molecule has 3 rings (SSSR count). The molecule has 0 aliphatic carbocycles. The van der Waals surface area contributed by atoms with E-state index in [-0.39, 0.29) is 0 Å². The minimum absolute atomic E-state index is 0.585. The summed E-state index contributed by atoms with van der Waals surface area (Å²) in [6.07, 6.45) is 4.94. The Bertz CT molecular complexity index is 595. The Morgan fingerprint density at radius 2 is 2.00 bits per heavy atom. The smallest absolute Gasteiger partial charge is 0.0417 e. The minimum Gasteiger partial charge on any atom is -0.366 e. The molecule has 1 fully saturated rings. The second-order valence-electron chi connectivity index (χ2n) is 6.47. The van der Waals surface area contributed by atoms with E-state index in [2.05, 4.69) is 65.4 Å². The van der Waals surface area contributed by atoms with Gasteiger partial charge in [0.05, 0.1) is 0 Å². The average Bonchev–Trinajstić information content (AvgIpc) is 2.56. The normalized spacial score (nSPS) is 18.7. The van der Waals surface area contributed by atoms with E-state index in [9.17, 15) is 0 Å². The lowest BCUT2D eigenvalue weighted by Gasteiger charge is -2.39. The van der Waals surface area contributed by atoms with Crippen molar-refractivity contribution in [2.75, 3.05) is 24.5 Å². The fourth-order valence-electron chi connectivity index (χ4n) is 3.26. The van der Waals surface area contributed by atoms with Crippen LogP contribution in [0.25, 0.3) is 11.1 Å². The van der Waals surface area contributed by atoms with Crippen LogP contribution in [0.2, 0.25) is 0 Å². The van der Waals surface area contributed by atoms with Crippen LogP contribution < -0.4 is 10.2 Å². The van der Waals surface area contributed by atoms with Crippen LogP contribution in [0.4, 0.5) is 5.69 Å². The van der Waals surface area contributed by atoms with Crippen LogP contribution in [0, 0.1) is 5.92 Å². The molecule has 3 heteroatoms. The highest BCUT2D eigenvalue weighted by Crippen LogP contribution is 2.27. The molecule has 1 aliphatic heterocycles. The summed E-state index contributed by atoms with van der Waals surface area (Å²) in [6, 6.07) is 13.6. The number of rotatable bonds is 4. The molecular formula is C19H25N3. The van der Waals surface area contributed by atoms with Gasteiger partial charge in [-0.25, -0.2) is 0 Å². The topological polar surface area (TPSA) is 28.2 Å². The number of hydrogen-bond donors (Lipinski definition) is 1. The van der Waals surface area contributed by atoms with Crippen molar-refractivity contribution in [2.24, 2.45) is 5.92 Å². The summed E-state index contributed by atoms with van der Waals surface area (Å²) in [5.74, 6) is 0.718. The van der Waals surface area contributed by atoms with Crippen molar-refractivity contribution >= 4 is 5.69 Å². The minimum atomic E-state index is 0.585. The van der Waals surface area contributed by atoms with Crippen LogP contribution in [0.5, 0.6) is 0 Å². The number of nitrogens with zero attached hydrogens (tertiary/aromatic N) is 2. The Morgan fingerprint density at radius 1 is 1.18 bits per heavy atom. The van der Waals surface area contributed by atoms with Crippen LogP contribution in [0.1, 0.15) is 20.3 Å². The molecular weight excluding hydrogens is 270 g/mol. The molecule has 116 valence electrons. The van der Waals surface area contributed by atoms with Gasteiger partial charge in [0.2, 0.25) is 0 Å². The van der Waals surface area contributed by atoms with Gasteiger partial charge < -0.3 is 10.2 Å². The predicted octanol–water partition coefficient (Wildman–Crippen LogP) is 3.57. The fraction of sp³-hybridized carbons (Fsp3) is 0.421. The van der Waals surface area contributed by atoms with Crippen molar-refractivity contribution in [3.8, 4) is 11.1 Å². The van der Waals surface area contributed by atoms with E-state index >= 15 is 0 Å². The van der Waals surface area contributed by atoms with Crippen LogP contribution >= 0.6 is 0 Å². The Morgan fingerprint density at radius 3 is 2.77 bits per heavy atom. The molecule has 2 aromatic rings. The van der Waals surface area contributed by atoms with Gasteiger partial charge in [-0.05, 0) is 47.7 Å². The van der Waals surface area contributed by atoms with E-state index in [0.717, 1.165) is 25.6 Å². The lowest BCUT2D eigenvalue weighted by atomic mass is 9.99. The summed E-state index contributed by atoms with van der Waals surface area (Å²) in [7, 11) is 0. The highest BCUT2D eigenvalue weighted by Gasteiger charge is 2.23. The summed E-state index contributed by atoms with van der Waals surface area (Å²) in [4.78, 5) is 6.68.